The van der Waals surface area contributed by atoms with Crippen LogP contribution in [0.1, 0.15) is 18.9 Å². The number of rotatable bonds is 9. The van der Waals surface area contributed by atoms with Crippen LogP contribution in [-0.4, -0.2) is 24.2 Å². The molecule has 6 heteroatoms. The molecule has 1 aromatic heterocycles. The lowest BCUT2D eigenvalue weighted by atomic mass is 10.0. The Balaban J connectivity index is 2.37. The smallest absolute Gasteiger partial charge is 0.211 e. The minimum Gasteiger partial charge on any atom is -0.383 e. The van der Waals surface area contributed by atoms with Crippen LogP contribution >= 0.6 is 0 Å². The third kappa shape index (κ3) is 4.42. The number of benzene rings is 1. The zero-order valence-electron chi connectivity index (χ0n) is 13.5. The van der Waals surface area contributed by atoms with E-state index < -0.39 is 0 Å². The van der Waals surface area contributed by atoms with Crippen LogP contribution in [0.5, 0.6) is 0 Å². The molecule has 0 atom stereocenters. The molecule has 1 aromatic carbocycles. The van der Waals surface area contributed by atoms with Gasteiger partial charge in [-0.15, -0.1) is 0 Å². The van der Waals surface area contributed by atoms with E-state index in [-0.39, 0.29) is 0 Å². The third-order valence-electron chi connectivity index (χ3n) is 3.37. The molecule has 6 nitrogen and oxygen atoms in total. The number of allylic oxidation sites excluding steroid dienone is 1. The molecule has 0 spiro atoms. The van der Waals surface area contributed by atoms with E-state index in [2.05, 4.69) is 27.9 Å². The first-order valence-electron chi connectivity index (χ1n) is 7.74. The maximum absolute atomic E-state index is 10.8. The fourth-order valence-corrected chi connectivity index (χ4v) is 2.22. The number of nitrogens with one attached hydrogen (secondary N) is 4. The Morgan fingerprint density at radius 2 is 2.00 bits per heavy atom. The minimum absolute atomic E-state index is 0.652. The van der Waals surface area contributed by atoms with Crippen molar-refractivity contribution in [3.05, 3.63) is 54.5 Å². The molecule has 0 saturated carbocycles. The van der Waals surface area contributed by atoms with Gasteiger partial charge in [0.2, 0.25) is 6.41 Å². The van der Waals surface area contributed by atoms with E-state index in [0.717, 1.165) is 29.9 Å². The Morgan fingerprint density at radius 1 is 1.21 bits per heavy atom. The van der Waals surface area contributed by atoms with Crippen LogP contribution in [0.3, 0.4) is 0 Å². The predicted octanol–water partition coefficient (Wildman–Crippen LogP) is 3.57. The van der Waals surface area contributed by atoms with Crippen molar-refractivity contribution in [2.75, 3.05) is 22.5 Å². The number of pyridine rings is 1. The number of amides is 1. The van der Waals surface area contributed by atoms with E-state index in [1.807, 2.05) is 30.3 Å². The fraction of sp³-hybridized carbons (Fsp3) is 0.167. The number of nitrogens with zero attached hydrogens (tertiary/aromatic N) is 1. The number of para-hydroxylation sites is 1. The van der Waals surface area contributed by atoms with Gasteiger partial charge >= 0.3 is 0 Å². The first-order chi connectivity index (χ1) is 11.8. The molecule has 1 heterocycles. The van der Waals surface area contributed by atoms with Crippen LogP contribution in [0, 0.1) is 5.41 Å². The molecule has 2 rings (SSSR count). The van der Waals surface area contributed by atoms with Gasteiger partial charge in [-0.3, -0.25) is 9.78 Å². The van der Waals surface area contributed by atoms with E-state index in [9.17, 15) is 4.79 Å². The van der Waals surface area contributed by atoms with Gasteiger partial charge < -0.3 is 21.4 Å². The van der Waals surface area contributed by atoms with Gasteiger partial charge in [-0.2, -0.15) is 0 Å². The lowest BCUT2D eigenvalue weighted by Crippen LogP contribution is -2.08. The maximum atomic E-state index is 10.8. The molecule has 0 aliphatic carbocycles. The van der Waals surface area contributed by atoms with Gasteiger partial charge in [-0.05, 0) is 24.6 Å². The Morgan fingerprint density at radius 3 is 2.67 bits per heavy atom. The molecule has 124 valence electrons. The summed E-state index contributed by atoms with van der Waals surface area (Å²) >= 11 is 0. The highest BCUT2D eigenvalue weighted by Gasteiger charge is 2.10. The molecule has 2 aromatic rings. The summed E-state index contributed by atoms with van der Waals surface area (Å²) in [4.78, 5) is 14.8. The summed E-state index contributed by atoms with van der Waals surface area (Å²) in [6, 6.07) is 9.28. The molecule has 24 heavy (non-hydrogen) atoms. The van der Waals surface area contributed by atoms with E-state index in [0.29, 0.717) is 17.7 Å². The first kappa shape index (κ1) is 17.2. The summed E-state index contributed by atoms with van der Waals surface area (Å²) in [6.07, 6.45) is 8.05. The second-order valence-corrected chi connectivity index (χ2v) is 5.04. The number of carbonyl (C=O) groups excluding carboxylic acids is 1. The van der Waals surface area contributed by atoms with Crippen LogP contribution in [-0.2, 0) is 4.79 Å². The van der Waals surface area contributed by atoms with Crippen molar-refractivity contribution >= 4 is 35.3 Å². The quantitative estimate of drug-likeness (QED) is 0.419. The van der Waals surface area contributed by atoms with Crippen LogP contribution in [0.2, 0.25) is 0 Å². The Labute approximate surface area is 141 Å². The average molecular weight is 323 g/mol. The van der Waals surface area contributed by atoms with Crippen molar-refractivity contribution in [1.82, 2.24) is 4.98 Å². The SMILES string of the molecule is CCCNc1c(NC=O)cccc1/C(C=N)=C/Nc1ccncc1. The zero-order valence-corrected chi connectivity index (χ0v) is 13.5. The summed E-state index contributed by atoms with van der Waals surface area (Å²) in [5, 5.41) is 16.9. The van der Waals surface area contributed by atoms with Crippen LogP contribution in [0.4, 0.5) is 17.1 Å². The van der Waals surface area contributed by atoms with Crippen molar-refractivity contribution < 1.29 is 4.79 Å². The monoisotopic (exact) mass is 323 g/mol. The molecule has 0 aliphatic heterocycles. The maximum Gasteiger partial charge on any atom is 0.211 e. The molecule has 4 N–H and O–H groups in total. The molecular weight excluding hydrogens is 302 g/mol. The summed E-state index contributed by atoms with van der Waals surface area (Å²) in [5.41, 5.74) is 3.91. The number of aromatic nitrogens is 1. The third-order valence-corrected chi connectivity index (χ3v) is 3.37. The summed E-state index contributed by atoms with van der Waals surface area (Å²) in [6.45, 7) is 2.84. The molecule has 0 bridgehead atoms. The van der Waals surface area contributed by atoms with Crippen molar-refractivity contribution in [2.24, 2.45) is 0 Å². The van der Waals surface area contributed by atoms with Gasteiger partial charge in [-0.1, -0.05) is 19.1 Å². The second-order valence-electron chi connectivity index (χ2n) is 5.04. The van der Waals surface area contributed by atoms with Crippen LogP contribution < -0.4 is 16.0 Å². The Kier molecular flexibility index (Phi) is 6.52. The standard InChI is InChI=1S/C18H21N5O/c1-2-8-21-18-16(4-3-5-17(18)23-13-24)14(11-19)12-22-15-6-9-20-10-7-15/h3-7,9-13,19,21H,2,8H2,1H3,(H,20,22)(H,23,24)/b14-12+,19-11?. The van der Waals surface area contributed by atoms with Gasteiger partial charge in [0.25, 0.3) is 0 Å². The number of hydrogen-bond donors (Lipinski definition) is 4. The zero-order chi connectivity index (χ0) is 17.2. The average Bonchev–Trinajstić information content (AvgIpc) is 2.62. The highest BCUT2D eigenvalue weighted by molar-refractivity contribution is 6.12. The Hall–Kier alpha value is -3.15. The summed E-state index contributed by atoms with van der Waals surface area (Å²) in [5.74, 6) is 0. The largest absolute Gasteiger partial charge is 0.383 e. The van der Waals surface area contributed by atoms with E-state index in [4.69, 9.17) is 5.41 Å². The molecule has 1 amide bonds. The van der Waals surface area contributed by atoms with E-state index in [1.54, 1.807) is 18.6 Å². The fourth-order valence-electron chi connectivity index (χ4n) is 2.22. The van der Waals surface area contributed by atoms with Crippen molar-refractivity contribution in [3.63, 3.8) is 0 Å². The van der Waals surface area contributed by atoms with Gasteiger partial charge in [0.1, 0.15) is 0 Å². The van der Waals surface area contributed by atoms with Gasteiger partial charge in [0, 0.05) is 48.2 Å². The molecule has 0 fully saturated rings. The molecular formula is C18H21N5O. The van der Waals surface area contributed by atoms with Crippen LogP contribution in [0.15, 0.2) is 48.9 Å². The van der Waals surface area contributed by atoms with E-state index >= 15 is 0 Å². The van der Waals surface area contributed by atoms with Crippen LogP contribution in [0.25, 0.3) is 5.57 Å². The Bertz CT molecular complexity index is 713. The topological polar surface area (TPSA) is 89.9 Å². The first-order valence-corrected chi connectivity index (χ1v) is 7.74. The number of anilines is 3. The van der Waals surface area contributed by atoms with Gasteiger partial charge in [0.05, 0.1) is 11.4 Å². The lowest BCUT2D eigenvalue weighted by Gasteiger charge is -2.16. The van der Waals surface area contributed by atoms with Crippen molar-refractivity contribution in [1.29, 1.82) is 5.41 Å². The lowest BCUT2D eigenvalue weighted by molar-refractivity contribution is -0.105. The molecule has 0 aliphatic rings. The molecule has 0 unspecified atom stereocenters. The van der Waals surface area contributed by atoms with Gasteiger partial charge in [0.15, 0.2) is 0 Å². The molecule has 0 saturated heterocycles. The highest BCUT2D eigenvalue weighted by atomic mass is 16.1. The summed E-state index contributed by atoms with van der Waals surface area (Å²) < 4.78 is 0. The minimum atomic E-state index is 0.652. The van der Waals surface area contributed by atoms with Crippen molar-refractivity contribution in [3.8, 4) is 0 Å². The second kappa shape index (κ2) is 9.09. The predicted molar refractivity (Wildman–Crippen MR) is 99.5 cm³/mol. The van der Waals surface area contributed by atoms with E-state index in [1.165, 1.54) is 6.21 Å². The molecule has 0 radical (unpaired) electrons. The normalized spacial score (nSPS) is 10.8. The van der Waals surface area contributed by atoms with Gasteiger partial charge in [-0.25, -0.2) is 0 Å². The number of carbonyl (C=O) groups is 1. The summed E-state index contributed by atoms with van der Waals surface area (Å²) in [7, 11) is 0. The highest BCUT2D eigenvalue weighted by Crippen LogP contribution is 2.30. The van der Waals surface area contributed by atoms with Crippen molar-refractivity contribution in [2.45, 2.75) is 13.3 Å². The number of hydrogen-bond acceptors (Lipinski definition) is 5.